The number of nitro benzene ring substituents is 1. The second kappa shape index (κ2) is 7.09. The van der Waals surface area contributed by atoms with E-state index in [0.29, 0.717) is 11.7 Å². The molecule has 0 aliphatic carbocycles. The molecule has 5 heteroatoms. The minimum absolute atomic E-state index is 0.123. The molecule has 0 fully saturated rings. The van der Waals surface area contributed by atoms with Gasteiger partial charge in [-0.25, -0.2) is 0 Å². The highest BCUT2D eigenvalue weighted by Gasteiger charge is 2.15. The number of hydrogen-bond acceptors (Lipinski definition) is 4. The SMILES string of the molecule is CCC(C)N(CC)Cc1ccc([N+](=O)[O-])c(NC)c1. The van der Waals surface area contributed by atoms with Crippen molar-refractivity contribution in [3.8, 4) is 0 Å². The van der Waals surface area contributed by atoms with Crippen molar-refractivity contribution < 1.29 is 4.92 Å². The van der Waals surface area contributed by atoms with Gasteiger partial charge in [-0.05, 0) is 31.5 Å². The van der Waals surface area contributed by atoms with Gasteiger partial charge in [-0.3, -0.25) is 15.0 Å². The summed E-state index contributed by atoms with van der Waals surface area (Å²) in [6.07, 6.45) is 1.10. The molecule has 0 aliphatic rings. The minimum atomic E-state index is -0.359. The van der Waals surface area contributed by atoms with Crippen LogP contribution in [0.2, 0.25) is 0 Å². The van der Waals surface area contributed by atoms with E-state index in [1.54, 1.807) is 13.1 Å². The highest BCUT2D eigenvalue weighted by molar-refractivity contribution is 5.62. The molecule has 1 aromatic rings. The fraction of sp³-hybridized carbons (Fsp3) is 0.571. The average Bonchev–Trinajstić information content (AvgIpc) is 2.43. The lowest BCUT2D eigenvalue weighted by Crippen LogP contribution is -2.31. The van der Waals surface area contributed by atoms with E-state index < -0.39 is 0 Å². The van der Waals surface area contributed by atoms with E-state index in [2.05, 4.69) is 31.0 Å². The first kappa shape index (κ1) is 15.4. The van der Waals surface area contributed by atoms with E-state index in [1.165, 1.54) is 0 Å². The van der Waals surface area contributed by atoms with Gasteiger partial charge in [0.2, 0.25) is 0 Å². The van der Waals surface area contributed by atoms with Crippen LogP contribution in [-0.2, 0) is 6.54 Å². The van der Waals surface area contributed by atoms with Crippen molar-refractivity contribution in [1.29, 1.82) is 0 Å². The third-order valence-corrected chi connectivity index (χ3v) is 3.53. The summed E-state index contributed by atoms with van der Waals surface area (Å²) >= 11 is 0. The van der Waals surface area contributed by atoms with Gasteiger partial charge in [0.1, 0.15) is 5.69 Å². The van der Waals surface area contributed by atoms with Crippen LogP contribution in [0, 0.1) is 10.1 Å². The largest absolute Gasteiger partial charge is 0.383 e. The maximum atomic E-state index is 10.9. The topological polar surface area (TPSA) is 58.4 Å². The first-order valence-corrected chi connectivity index (χ1v) is 6.72. The van der Waals surface area contributed by atoms with Crippen LogP contribution in [0.25, 0.3) is 0 Å². The summed E-state index contributed by atoms with van der Waals surface area (Å²) in [5, 5.41) is 13.8. The van der Waals surface area contributed by atoms with Crippen molar-refractivity contribution in [2.75, 3.05) is 18.9 Å². The van der Waals surface area contributed by atoms with Gasteiger partial charge in [0.05, 0.1) is 4.92 Å². The van der Waals surface area contributed by atoms with Crippen molar-refractivity contribution in [3.63, 3.8) is 0 Å². The summed E-state index contributed by atoms with van der Waals surface area (Å²) in [6, 6.07) is 5.79. The second-order valence-electron chi connectivity index (χ2n) is 4.68. The molecule has 1 N–H and O–H groups in total. The molecular weight excluding hydrogens is 242 g/mol. The molecule has 0 saturated heterocycles. The third kappa shape index (κ3) is 3.92. The molecule has 0 radical (unpaired) electrons. The van der Waals surface area contributed by atoms with E-state index in [-0.39, 0.29) is 10.6 Å². The monoisotopic (exact) mass is 265 g/mol. The Morgan fingerprint density at radius 2 is 2.11 bits per heavy atom. The molecule has 0 amide bonds. The van der Waals surface area contributed by atoms with Crippen LogP contribution in [0.5, 0.6) is 0 Å². The summed E-state index contributed by atoms with van der Waals surface area (Å²) in [5.74, 6) is 0. The molecule has 106 valence electrons. The van der Waals surface area contributed by atoms with Gasteiger partial charge in [0.25, 0.3) is 5.69 Å². The minimum Gasteiger partial charge on any atom is -0.383 e. The second-order valence-corrected chi connectivity index (χ2v) is 4.68. The quantitative estimate of drug-likeness (QED) is 0.607. The summed E-state index contributed by atoms with van der Waals surface area (Å²) in [7, 11) is 1.71. The zero-order valence-corrected chi connectivity index (χ0v) is 12.1. The maximum Gasteiger partial charge on any atom is 0.292 e. The Kier molecular flexibility index (Phi) is 5.76. The summed E-state index contributed by atoms with van der Waals surface area (Å²) < 4.78 is 0. The highest BCUT2D eigenvalue weighted by atomic mass is 16.6. The van der Waals surface area contributed by atoms with Crippen molar-refractivity contribution in [2.45, 2.75) is 39.8 Å². The Morgan fingerprint density at radius 1 is 1.42 bits per heavy atom. The van der Waals surface area contributed by atoms with E-state index in [0.717, 1.165) is 25.1 Å². The Hall–Kier alpha value is -1.62. The molecule has 1 atom stereocenters. The number of nitro groups is 1. The van der Waals surface area contributed by atoms with Gasteiger partial charge in [0, 0.05) is 25.7 Å². The molecule has 1 unspecified atom stereocenters. The maximum absolute atomic E-state index is 10.9. The molecule has 1 rings (SSSR count). The number of hydrogen-bond donors (Lipinski definition) is 1. The first-order chi connectivity index (χ1) is 9.03. The average molecular weight is 265 g/mol. The van der Waals surface area contributed by atoms with E-state index in [9.17, 15) is 10.1 Å². The Labute approximate surface area is 114 Å². The van der Waals surface area contributed by atoms with Crippen LogP contribution in [0.3, 0.4) is 0 Å². The molecule has 0 aromatic heterocycles. The van der Waals surface area contributed by atoms with Crippen LogP contribution in [-0.4, -0.2) is 29.5 Å². The molecule has 5 nitrogen and oxygen atoms in total. The van der Waals surface area contributed by atoms with Gasteiger partial charge in [-0.1, -0.05) is 19.9 Å². The van der Waals surface area contributed by atoms with Crippen molar-refractivity contribution in [1.82, 2.24) is 4.90 Å². The third-order valence-electron chi connectivity index (χ3n) is 3.53. The predicted octanol–water partition coefficient (Wildman–Crippen LogP) is 3.26. The Balaban J connectivity index is 2.93. The van der Waals surface area contributed by atoms with Crippen LogP contribution < -0.4 is 5.32 Å². The number of anilines is 1. The lowest BCUT2D eigenvalue weighted by atomic mass is 10.1. The van der Waals surface area contributed by atoms with E-state index >= 15 is 0 Å². The molecule has 1 aromatic carbocycles. The molecular formula is C14H23N3O2. The van der Waals surface area contributed by atoms with Gasteiger partial charge in [-0.2, -0.15) is 0 Å². The van der Waals surface area contributed by atoms with Crippen LogP contribution in [0.1, 0.15) is 32.8 Å². The van der Waals surface area contributed by atoms with Crippen LogP contribution >= 0.6 is 0 Å². The van der Waals surface area contributed by atoms with Gasteiger partial charge < -0.3 is 5.32 Å². The van der Waals surface area contributed by atoms with Crippen molar-refractivity contribution in [3.05, 3.63) is 33.9 Å². The normalized spacial score (nSPS) is 12.5. The number of nitrogens with one attached hydrogen (secondary N) is 1. The molecule has 0 bridgehead atoms. The lowest BCUT2D eigenvalue weighted by molar-refractivity contribution is -0.384. The standard InChI is InChI=1S/C14H23N3O2/c1-5-11(3)16(6-2)10-12-7-8-14(17(18)19)13(9-12)15-4/h7-9,11,15H,5-6,10H2,1-4H3. The number of benzene rings is 1. The Morgan fingerprint density at radius 3 is 2.58 bits per heavy atom. The molecule has 19 heavy (non-hydrogen) atoms. The Bertz CT molecular complexity index is 435. The van der Waals surface area contributed by atoms with Gasteiger partial charge >= 0.3 is 0 Å². The fourth-order valence-electron chi connectivity index (χ4n) is 2.11. The van der Waals surface area contributed by atoms with Crippen molar-refractivity contribution in [2.24, 2.45) is 0 Å². The number of rotatable bonds is 7. The number of nitrogens with zero attached hydrogens (tertiary/aromatic N) is 2. The zero-order chi connectivity index (χ0) is 14.4. The zero-order valence-electron chi connectivity index (χ0n) is 12.1. The lowest BCUT2D eigenvalue weighted by Gasteiger charge is -2.27. The highest BCUT2D eigenvalue weighted by Crippen LogP contribution is 2.25. The van der Waals surface area contributed by atoms with Gasteiger partial charge in [-0.15, -0.1) is 0 Å². The van der Waals surface area contributed by atoms with Crippen LogP contribution in [0.4, 0.5) is 11.4 Å². The fourth-order valence-corrected chi connectivity index (χ4v) is 2.11. The van der Waals surface area contributed by atoms with Crippen molar-refractivity contribution >= 4 is 11.4 Å². The van der Waals surface area contributed by atoms with E-state index in [1.807, 2.05) is 12.1 Å². The van der Waals surface area contributed by atoms with Crippen LogP contribution in [0.15, 0.2) is 18.2 Å². The van der Waals surface area contributed by atoms with Gasteiger partial charge in [0.15, 0.2) is 0 Å². The first-order valence-electron chi connectivity index (χ1n) is 6.72. The molecule has 0 spiro atoms. The smallest absolute Gasteiger partial charge is 0.292 e. The summed E-state index contributed by atoms with van der Waals surface area (Å²) in [4.78, 5) is 12.9. The summed E-state index contributed by atoms with van der Waals surface area (Å²) in [6.45, 7) is 8.30. The summed E-state index contributed by atoms with van der Waals surface area (Å²) in [5.41, 5.74) is 1.79. The predicted molar refractivity (Wildman–Crippen MR) is 78.5 cm³/mol. The molecule has 0 saturated carbocycles. The molecule has 0 heterocycles. The molecule has 0 aliphatic heterocycles. The van der Waals surface area contributed by atoms with E-state index in [4.69, 9.17) is 0 Å².